The van der Waals surface area contributed by atoms with Crippen molar-refractivity contribution < 1.29 is 23.7 Å². The van der Waals surface area contributed by atoms with Crippen LogP contribution in [0, 0.1) is 0 Å². The number of hydrogen-bond acceptors (Lipinski definition) is 6. The van der Waals surface area contributed by atoms with Crippen LogP contribution in [-0.4, -0.2) is 37.6 Å². The van der Waals surface area contributed by atoms with Crippen LogP contribution in [-0.2, 0) is 20.7 Å². The molecule has 33 heavy (non-hydrogen) atoms. The molecule has 0 aliphatic carbocycles. The van der Waals surface area contributed by atoms with Crippen LogP contribution in [0.4, 0.5) is 0 Å². The topological polar surface area (TPSA) is 54.0 Å². The number of allylic oxidation sites excluding steroid dienone is 3. The number of methoxy groups -OCH3 is 1. The number of rotatable bonds is 9. The minimum atomic E-state index is -0.601. The number of thioether (sulfide) groups is 1. The molecule has 2 atom stereocenters. The lowest BCUT2D eigenvalue weighted by molar-refractivity contribution is -0.154. The van der Waals surface area contributed by atoms with Crippen LogP contribution >= 0.6 is 11.8 Å². The van der Waals surface area contributed by atoms with Gasteiger partial charge in [-0.2, -0.15) is 0 Å². The number of benzene rings is 2. The summed E-state index contributed by atoms with van der Waals surface area (Å²) in [7, 11) is 1.52. The van der Waals surface area contributed by atoms with Crippen molar-refractivity contribution in [2.24, 2.45) is 0 Å². The first kappa shape index (κ1) is 23.2. The highest BCUT2D eigenvalue weighted by Gasteiger charge is 2.25. The van der Waals surface area contributed by atoms with Gasteiger partial charge in [-0.1, -0.05) is 30.3 Å². The van der Waals surface area contributed by atoms with Crippen LogP contribution in [0.2, 0.25) is 0 Å². The molecule has 0 saturated carbocycles. The smallest absolute Gasteiger partial charge is 0.335 e. The third-order valence-electron chi connectivity index (χ3n) is 5.57. The fourth-order valence-corrected chi connectivity index (χ4v) is 4.97. The number of esters is 1. The minimum absolute atomic E-state index is 0.281. The maximum absolute atomic E-state index is 11.9. The molecule has 5 nitrogen and oxygen atoms in total. The van der Waals surface area contributed by atoms with Crippen molar-refractivity contribution in [1.29, 1.82) is 0 Å². The van der Waals surface area contributed by atoms with E-state index >= 15 is 0 Å². The molecule has 0 amide bonds. The quantitative estimate of drug-likeness (QED) is 0.453. The number of fused-ring (bicyclic) bond motifs is 2. The van der Waals surface area contributed by atoms with Crippen LogP contribution in [0.25, 0.3) is 5.57 Å². The van der Waals surface area contributed by atoms with Crippen molar-refractivity contribution in [2.75, 3.05) is 20.3 Å². The molecule has 0 bridgehead atoms. The average Bonchev–Trinajstić information content (AvgIpc) is 3.03. The van der Waals surface area contributed by atoms with Gasteiger partial charge < -0.3 is 18.9 Å². The molecule has 2 unspecified atom stereocenters. The number of para-hydroxylation sites is 1. The van der Waals surface area contributed by atoms with Crippen LogP contribution in [0.5, 0.6) is 11.5 Å². The molecule has 6 heteroatoms. The molecular weight excluding hydrogens is 436 g/mol. The van der Waals surface area contributed by atoms with Gasteiger partial charge >= 0.3 is 5.97 Å². The Kier molecular flexibility index (Phi) is 7.92. The molecule has 0 radical (unpaired) electrons. The van der Waals surface area contributed by atoms with Gasteiger partial charge in [0, 0.05) is 24.3 Å². The van der Waals surface area contributed by atoms with Crippen molar-refractivity contribution in [2.45, 2.75) is 31.1 Å². The van der Waals surface area contributed by atoms with E-state index in [-0.39, 0.29) is 11.2 Å². The fourth-order valence-electron chi connectivity index (χ4n) is 3.93. The Labute approximate surface area is 199 Å². The third kappa shape index (κ3) is 5.70. The summed E-state index contributed by atoms with van der Waals surface area (Å²) >= 11 is 1.81. The molecule has 0 aromatic heterocycles. The highest BCUT2D eigenvalue weighted by atomic mass is 32.2. The average molecular weight is 465 g/mol. The van der Waals surface area contributed by atoms with Gasteiger partial charge in [0.1, 0.15) is 11.5 Å². The van der Waals surface area contributed by atoms with Gasteiger partial charge in [-0.05, 0) is 65.8 Å². The van der Waals surface area contributed by atoms with Crippen molar-refractivity contribution in [1.82, 2.24) is 0 Å². The van der Waals surface area contributed by atoms with Gasteiger partial charge in [0.25, 0.3) is 0 Å². The molecule has 0 N–H and O–H groups in total. The SMILES string of the molecule is CCOC(=O)C(Cc1ccc(OCCC2SC=CC3=C2c2ccccc2OC=C3)cc1)OC. The molecule has 0 saturated heterocycles. The largest absolute Gasteiger partial charge is 0.494 e. The van der Waals surface area contributed by atoms with E-state index in [2.05, 4.69) is 17.6 Å². The first-order valence-corrected chi connectivity index (χ1v) is 12.0. The maximum Gasteiger partial charge on any atom is 0.335 e. The van der Waals surface area contributed by atoms with Crippen LogP contribution in [0.3, 0.4) is 0 Å². The Balaban J connectivity index is 1.36. The number of ether oxygens (including phenoxy) is 4. The summed E-state index contributed by atoms with van der Waals surface area (Å²) < 4.78 is 22.2. The Morgan fingerprint density at radius 2 is 1.94 bits per heavy atom. The zero-order valence-electron chi connectivity index (χ0n) is 18.9. The normalized spacial score (nSPS) is 17.5. The van der Waals surface area contributed by atoms with Gasteiger partial charge in [-0.3, -0.25) is 0 Å². The zero-order valence-corrected chi connectivity index (χ0v) is 19.7. The second-order valence-electron chi connectivity index (χ2n) is 7.67. The predicted molar refractivity (Wildman–Crippen MR) is 131 cm³/mol. The standard InChI is InChI=1S/C27H28O5S/c1-3-30-27(28)24(29-2)18-19-8-10-21(11-9-19)31-16-13-25-26-20(14-17-33-25)12-15-32-23-7-5-4-6-22(23)26/h4-12,14-15,17,24-25H,3,13,16,18H2,1-2H3. The first-order valence-electron chi connectivity index (χ1n) is 11.1. The Morgan fingerprint density at radius 1 is 1.12 bits per heavy atom. The first-order chi connectivity index (χ1) is 16.2. The molecular formula is C27H28O5S. The molecule has 2 aliphatic heterocycles. The van der Waals surface area contributed by atoms with Crippen molar-refractivity contribution in [3.8, 4) is 11.5 Å². The van der Waals surface area contributed by atoms with E-state index in [9.17, 15) is 4.79 Å². The Hall–Kier alpha value is -2.96. The Morgan fingerprint density at radius 3 is 2.73 bits per heavy atom. The monoisotopic (exact) mass is 464 g/mol. The van der Waals surface area contributed by atoms with E-state index in [4.69, 9.17) is 18.9 Å². The van der Waals surface area contributed by atoms with Gasteiger partial charge in [0.05, 0.1) is 19.5 Å². The van der Waals surface area contributed by atoms with Gasteiger partial charge in [-0.25, -0.2) is 4.79 Å². The van der Waals surface area contributed by atoms with E-state index in [0.29, 0.717) is 19.6 Å². The molecule has 0 fully saturated rings. The predicted octanol–water partition coefficient (Wildman–Crippen LogP) is 5.57. The third-order valence-corrected chi connectivity index (χ3v) is 6.66. The van der Waals surface area contributed by atoms with E-state index in [1.54, 1.807) is 13.2 Å². The Bertz CT molecular complexity index is 1050. The fraction of sp³-hybridized carbons (Fsp3) is 0.296. The molecule has 2 aliphatic rings. The summed E-state index contributed by atoms with van der Waals surface area (Å²) in [4.78, 5) is 11.9. The number of carbonyl (C=O) groups is 1. The van der Waals surface area contributed by atoms with Crippen molar-refractivity contribution in [3.63, 3.8) is 0 Å². The lowest BCUT2D eigenvalue weighted by Crippen LogP contribution is -2.27. The van der Waals surface area contributed by atoms with E-state index < -0.39 is 6.10 Å². The zero-order chi connectivity index (χ0) is 23.0. The highest BCUT2D eigenvalue weighted by Crippen LogP contribution is 2.42. The lowest BCUT2D eigenvalue weighted by Gasteiger charge is -2.24. The molecule has 4 rings (SSSR count). The second-order valence-corrected chi connectivity index (χ2v) is 8.79. The number of hydrogen-bond donors (Lipinski definition) is 0. The number of carbonyl (C=O) groups excluding carboxylic acids is 1. The molecule has 2 heterocycles. The van der Waals surface area contributed by atoms with E-state index in [1.807, 2.05) is 60.3 Å². The van der Waals surface area contributed by atoms with Gasteiger partial charge in [0.2, 0.25) is 0 Å². The molecule has 172 valence electrons. The summed E-state index contributed by atoms with van der Waals surface area (Å²) in [6, 6.07) is 16.0. The summed E-state index contributed by atoms with van der Waals surface area (Å²) in [6.45, 7) is 2.72. The highest BCUT2D eigenvalue weighted by molar-refractivity contribution is 8.03. The maximum atomic E-state index is 11.9. The van der Waals surface area contributed by atoms with Crippen LogP contribution in [0.1, 0.15) is 24.5 Å². The summed E-state index contributed by atoms with van der Waals surface area (Å²) in [5.41, 5.74) is 4.60. The summed E-state index contributed by atoms with van der Waals surface area (Å²) in [6.07, 6.45) is 6.66. The van der Waals surface area contributed by atoms with Crippen molar-refractivity contribution in [3.05, 3.63) is 89.1 Å². The summed E-state index contributed by atoms with van der Waals surface area (Å²) in [5.74, 6) is 1.35. The molecule has 0 spiro atoms. The van der Waals surface area contributed by atoms with Gasteiger partial charge in [0.15, 0.2) is 6.10 Å². The molecule has 2 aromatic rings. The van der Waals surface area contributed by atoms with E-state index in [0.717, 1.165) is 29.0 Å². The van der Waals surface area contributed by atoms with Gasteiger partial charge in [-0.15, -0.1) is 11.8 Å². The van der Waals surface area contributed by atoms with Crippen molar-refractivity contribution >= 4 is 23.3 Å². The molecule has 2 aromatic carbocycles. The minimum Gasteiger partial charge on any atom is -0.494 e. The van der Waals surface area contributed by atoms with Crippen LogP contribution in [0.15, 0.2) is 77.9 Å². The lowest BCUT2D eigenvalue weighted by atomic mass is 9.94. The summed E-state index contributed by atoms with van der Waals surface area (Å²) in [5, 5.41) is 2.43. The van der Waals surface area contributed by atoms with Crippen LogP contribution < -0.4 is 9.47 Å². The van der Waals surface area contributed by atoms with E-state index in [1.165, 1.54) is 18.3 Å². The second kappa shape index (κ2) is 11.3.